The molecule has 0 aliphatic carbocycles. The molecule has 0 amide bonds. The normalized spacial score (nSPS) is 20.2. The largest absolute Gasteiger partial charge is 0.375 e. The van der Waals surface area contributed by atoms with Gasteiger partial charge >= 0.3 is 0 Å². The van der Waals surface area contributed by atoms with Gasteiger partial charge in [0.2, 0.25) is 0 Å². The van der Waals surface area contributed by atoms with Gasteiger partial charge < -0.3 is 15.0 Å². The van der Waals surface area contributed by atoms with E-state index >= 15 is 0 Å². The lowest BCUT2D eigenvalue weighted by atomic mass is 10.1. The van der Waals surface area contributed by atoms with Crippen molar-refractivity contribution in [1.82, 2.24) is 10.3 Å². The van der Waals surface area contributed by atoms with Gasteiger partial charge in [-0.05, 0) is 26.5 Å². The molecule has 0 bridgehead atoms. The highest BCUT2D eigenvalue weighted by Crippen LogP contribution is 2.23. The van der Waals surface area contributed by atoms with Crippen molar-refractivity contribution < 1.29 is 4.74 Å². The lowest BCUT2D eigenvalue weighted by Crippen LogP contribution is -2.41. The minimum absolute atomic E-state index is 0.305. The Labute approximate surface area is 109 Å². The molecule has 1 aromatic heterocycles. The Morgan fingerprint density at radius 2 is 2.39 bits per heavy atom. The van der Waals surface area contributed by atoms with Gasteiger partial charge in [0.1, 0.15) is 0 Å². The smallest absolute Gasteiger partial charge is 0.0722 e. The second-order valence-corrected chi connectivity index (χ2v) is 4.86. The van der Waals surface area contributed by atoms with Crippen LogP contribution in [-0.4, -0.2) is 37.3 Å². The predicted octanol–water partition coefficient (Wildman–Crippen LogP) is 1.72. The monoisotopic (exact) mass is 249 g/mol. The molecule has 1 saturated heterocycles. The molecule has 1 aliphatic heterocycles. The van der Waals surface area contributed by atoms with Crippen LogP contribution in [0, 0.1) is 6.92 Å². The summed E-state index contributed by atoms with van der Waals surface area (Å²) < 4.78 is 5.61. The Balaban J connectivity index is 2.20. The van der Waals surface area contributed by atoms with Gasteiger partial charge in [0.15, 0.2) is 0 Å². The summed E-state index contributed by atoms with van der Waals surface area (Å²) in [5, 5.41) is 3.38. The van der Waals surface area contributed by atoms with Crippen molar-refractivity contribution >= 4 is 5.69 Å². The zero-order chi connectivity index (χ0) is 13.0. The van der Waals surface area contributed by atoms with Crippen LogP contribution in [-0.2, 0) is 11.3 Å². The summed E-state index contributed by atoms with van der Waals surface area (Å²) in [7, 11) is 0. The molecule has 1 fully saturated rings. The topological polar surface area (TPSA) is 37.4 Å². The van der Waals surface area contributed by atoms with Crippen molar-refractivity contribution in [3.05, 3.63) is 23.5 Å². The molecule has 1 aliphatic rings. The molecule has 2 rings (SSSR count). The van der Waals surface area contributed by atoms with Crippen LogP contribution in [0.15, 0.2) is 12.3 Å². The van der Waals surface area contributed by atoms with Gasteiger partial charge in [-0.15, -0.1) is 0 Å². The number of nitrogens with one attached hydrogen (secondary N) is 1. The maximum Gasteiger partial charge on any atom is 0.0722 e. The van der Waals surface area contributed by atoms with E-state index in [-0.39, 0.29) is 0 Å². The number of nitrogens with zero attached hydrogens (tertiary/aromatic N) is 2. The summed E-state index contributed by atoms with van der Waals surface area (Å²) in [6.45, 7) is 10.9. The predicted molar refractivity (Wildman–Crippen MR) is 74.0 cm³/mol. The Kier molecular flexibility index (Phi) is 4.55. The third-order valence-corrected chi connectivity index (χ3v) is 3.25. The second-order valence-electron chi connectivity index (χ2n) is 4.86. The first-order valence-corrected chi connectivity index (χ1v) is 6.73. The van der Waals surface area contributed by atoms with Crippen molar-refractivity contribution in [2.75, 3.05) is 31.1 Å². The summed E-state index contributed by atoms with van der Waals surface area (Å²) in [4.78, 5) is 6.82. The van der Waals surface area contributed by atoms with E-state index in [1.165, 1.54) is 11.3 Å². The molecule has 1 N–H and O–H groups in total. The zero-order valence-electron chi connectivity index (χ0n) is 11.6. The molecule has 18 heavy (non-hydrogen) atoms. The molecule has 0 spiro atoms. The zero-order valence-corrected chi connectivity index (χ0v) is 11.6. The van der Waals surface area contributed by atoms with E-state index in [1.54, 1.807) is 0 Å². The number of hydrogen-bond acceptors (Lipinski definition) is 4. The van der Waals surface area contributed by atoms with Crippen molar-refractivity contribution in [1.29, 1.82) is 0 Å². The third kappa shape index (κ3) is 3.21. The minimum atomic E-state index is 0.305. The van der Waals surface area contributed by atoms with E-state index in [0.29, 0.717) is 6.10 Å². The average molecular weight is 249 g/mol. The van der Waals surface area contributed by atoms with Crippen LogP contribution >= 0.6 is 0 Å². The Morgan fingerprint density at radius 1 is 1.56 bits per heavy atom. The van der Waals surface area contributed by atoms with Gasteiger partial charge in [-0.25, -0.2) is 0 Å². The maximum absolute atomic E-state index is 5.61. The number of rotatable bonds is 4. The van der Waals surface area contributed by atoms with Crippen LogP contribution in [0.1, 0.15) is 25.1 Å². The van der Waals surface area contributed by atoms with E-state index in [4.69, 9.17) is 4.74 Å². The fourth-order valence-electron chi connectivity index (χ4n) is 2.30. The van der Waals surface area contributed by atoms with Crippen molar-refractivity contribution in [2.45, 2.75) is 33.4 Å². The molecule has 0 saturated carbocycles. The van der Waals surface area contributed by atoms with E-state index < -0.39 is 0 Å². The lowest BCUT2D eigenvalue weighted by Gasteiger charge is -2.34. The fraction of sp³-hybridized carbons (Fsp3) is 0.643. The first kappa shape index (κ1) is 13.3. The molecule has 100 valence electrons. The standard InChI is InChI=1S/C14H23N3O/c1-4-15-8-13-9-16-11(2)7-14(13)17-5-6-18-12(3)10-17/h7,9,12,15H,4-6,8,10H2,1-3H3. The summed E-state index contributed by atoms with van der Waals surface area (Å²) in [5.74, 6) is 0. The molecule has 1 atom stereocenters. The number of morpholine rings is 1. The molecule has 1 aromatic rings. The van der Waals surface area contributed by atoms with Crippen LogP contribution in [0.4, 0.5) is 5.69 Å². The fourth-order valence-corrected chi connectivity index (χ4v) is 2.30. The first-order valence-electron chi connectivity index (χ1n) is 6.73. The number of ether oxygens (including phenoxy) is 1. The lowest BCUT2D eigenvalue weighted by molar-refractivity contribution is 0.0531. The van der Waals surface area contributed by atoms with E-state index in [0.717, 1.165) is 38.5 Å². The Morgan fingerprint density at radius 3 is 3.11 bits per heavy atom. The number of hydrogen-bond donors (Lipinski definition) is 1. The van der Waals surface area contributed by atoms with Gasteiger partial charge in [0.25, 0.3) is 0 Å². The summed E-state index contributed by atoms with van der Waals surface area (Å²) in [6, 6.07) is 2.19. The highest BCUT2D eigenvalue weighted by atomic mass is 16.5. The van der Waals surface area contributed by atoms with Gasteiger partial charge in [0, 0.05) is 42.8 Å². The van der Waals surface area contributed by atoms with Gasteiger partial charge in [0.05, 0.1) is 12.7 Å². The maximum atomic E-state index is 5.61. The summed E-state index contributed by atoms with van der Waals surface area (Å²) in [6.07, 6.45) is 2.30. The second kappa shape index (κ2) is 6.16. The van der Waals surface area contributed by atoms with Crippen LogP contribution < -0.4 is 10.2 Å². The van der Waals surface area contributed by atoms with Crippen LogP contribution in [0.25, 0.3) is 0 Å². The van der Waals surface area contributed by atoms with Crippen molar-refractivity contribution in [3.63, 3.8) is 0 Å². The van der Waals surface area contributed by atoms with Crippen LogP contribution in [0.2, 0.25) is 0 Å². The van der Waals surface area contributed by atoms with E-state index in [9.17, 15) is 0 Å². The van der Waals surface area contributed by atoms with E-state index in [1.807, 2.05) is 13.1 Å². The van der Waals surface area contributed by atoms with Crippen LogP contribution in [0.5, 0.6) is 0 Å². The molecular weight excluding hydrogens is 226 g/mol. The third-order valence-electron chi connectivity index (χ3n) is 3.25. The van der Waals surface area contributed by atoms with E-state index in [2.05, 4.69) is 35.1 Å². The number of aromatic nitrogens is 1. The molecule has 0 aromatic carbocycles. The Bertz CT molecular complexity index is 395. The average Bonchev–Trinajstić information content (AvgIpc) is 2.37. The molecule has 2 heterocycles. The quantitative estimate of drug-likeness (QED) is 0.882. The van der Waals surface area contributed by atoms with Crippen molar-refractivity contribution in [3.8, 4) is 0 Å². The minimum Gasteiger partial charge on any atom is -0.375 e. The van der Waals surface area contributed by atoms with Crippen molar-refractivity contribution in [2.24, 2.45) is 0 Å². The molecule has 0 radical (unpaired) electrons. The number of aryl methyl sites for hydroxylation is 1. The number of pyridine rings is 1. The van der Waals surface area contributed by atoms with Crippen LogP contribution in [0.3, 0.4) is 0 Å². The molecular formula is C14H23N3O. The molecule has 1 unspecified atom stereocenters. The summed E-state index contributed by atoms with van der Waals surface area (Å²) in [5.41, 5.74) is 3.65. The number of anilines is 1. The molecule has 4 nitrogen and oxygen atoms in total. The SMILES string of the molecule is CCNCc1cnc(C)cc1N1CCOC(C)C1. The van der Waals surface area contributed by atoms with Gasteiger partial charge in [-0.1, -0.05) is 6.92 Å². The Hall–Kier alpha value is -1.13. The summed E-state index contributed by atoms with van der Waals surface area (Å²) >= 11 is 0. The highest BCUT2D eigenvalue weighted by Gasteiger charge is 2.19. The highest BCUT2D eigenvalue weighted by molar-refractivity contribution is 5.54. The first-order chi connectivity index (χ1) is 8.70. The van der Waals surface area contributed by atoms with Gasteiger partial charge in [-0.3, -0.25) is 4.98 Å². The molecule has 4 heteroatoms. The van der Waals surface area contributed by atoms with Gasteiger partial charge in [-0.2, -0.15) is 0 Å².